The Labute approximate surface area is 170 Å². The van der Waals surface area contributed by atoms with Crippen LogP contribution in [0.3, 0.4) is 0 Å². The zero-order valence-corrected chi connectivity index (χ0v) is 17.4. The van der Waals surface area contributed by atoms with E-state index in [-0.39, 0.29) is 11.3 Å². The molecule has 4 rings (SSSR count). The Kier molecular flexibility index (Phi) is 5.00. The van der Waals surface area contributed by atoms with Crippen LogP contribution < -0.4 is 5.32 Å². The second-order valence-corrected chi connectivity index (χ2v) is 8.62. The molecule has 0 radical (unpaired) electrons. The highest BCUT2D eigenvalue weighted by atomic mass is 16.5. The van der Waals surface area contributed by atoms with E-state index in [1.807, 2.05) is 51.1 Å². The Morgan fingerprint density at radius 1 is 1.17 bits per heavy atom. The van der Waals surface area contributed by atoms with Crippen LogP contribution in [0, 0.1) is 0 Å². The van der Waals surface area contributed by atoms with E-state index in [1.165, 1.54) is 0 Å². The first kappa shape index (κ1) is 19.4. The quantitative estimate of drug-likeness (QED) is 0.730. The summed E-state index contributed by atoms with van der Waals surface area (Å²) in [5.41, 5.74) is 3.01. The molecule has 0 atom stereocenters. The third-order valence-corrected chi connectivity index (χ3v) is 5.18. The molecule has 152 valence electrons. The second-order valence-electron chi connectivity index (χ2n) is 8.62. The fourth-order valence-corrected chi connectivity index (χ4v) is 3.57. The first-order valence-corrected chi connectivity index (χ1v) is 9.95. The Hall–Kier alpha value is -2.93. The van der Waals surface area contributed by atoms with Crippen molar-refractivity contribution >= 4 is 11.8 Å². The van der Waals surface area contributed by atoms with E-state index in [0.717, 1.165) is 42.3 Å². The molecule has 2 aromatic heterocycles. The summed E-state index contributed by atoms with van der Waals surface area (Å²) in [5.74, 6) is 0.891. The first-order valence-electron chi connectivity index (χ1n) is 9.95. The van der Waals surface area contributed by atoms with Crippen LogP contribution in [0.1, 0.15) is 49.1 Å². The third kappa shape index (κ3) is 3.96. The molecule has 7 heteroatoms. The predicted molar refractivity (Wildman–Crippen MR) is 112 cm³/mol. The maximum absolute atomic E-state index is 13.1. The summed E-state index contributed by atoms with van der Waals surface area (Å²) >= 11 is 0. The van der Waals surface area contributed by atoms with Crippen molar-refractivity contribution < 1.29 is 9.32 Å². The van der Waals surface area contributed by atoms with Crippen LogP contribution in [0.2, 0.25) is 0 Å². The van der Waals surface area contributed by atoms with Crippen LogP contribution in [0.5, 0.6) is 0 Å². The number of nitrogens with one attached hydrogen (secondary N) is 1. The minimum atomic E-state index is -0.275. The van der Waals surface area contributed by atoms with Gasteiger partial charge in [-0.1, -0.05) is 56.3 Å². The van der Waals surface area contributed by atoms with Crippen LogP contribution in [-0.4, -0.2) is 39.1 Å². The van der Waals surface area contributed by atoms with Crippen LogP contribution in [0.15, 0.2) is 40.9 Å². The van der Waals surface area contributed by atoms with Gasteiger partial charge in [0.1, 0.15) is 5.82 Å². The van der Waals surface area contributed by atoms with Gasteiger partial charge in [0, 0.05) is 30.1 Å². The van der Waals surface area contributed by atoms with Gasteiger partial charge in [-0.3, -0.25) is 10.1 Å². The topological polar surface area (TPSA) is 76.2 Å². The number of amides is 1. The molecule has 1 N–H and O–H groups in total. The zero-order valence-electron chi connectivity index (χ0n) is 17.4. The van der Waals surface area contributed by atoms with Crippen molar-refractivity contribution in [1.29, 1.82) is 0 Å². The van der Waals surface area contributed by atoms with E-state index in [1.54, 1.807) is 6.07 Å². The van der Waals surface area contributed by atoms with Gasteiger partial charge >= 0.3 is 0 Å². The van der Waals surface area contributed by atoms with Crippen LogP contribution >= 0.6 is 0 Å². The summed E-state index contributed by atoms with van der Waals surface area (Å²) in [7, 11) is 2.07. The highest BCUT2D eigenvalue weighted by Crippen LogP contribution is 2.27. The molecule has 1 aromatic carbocycles. The van der Waals surface area contributed by atoms with Gasteiger partial charge in [0.15, 0.2) is 5.69 Å². The van der Waals surface area contributed by atoms with E-state index >= 15 is 0 Å². The number of benzene rings is 1. The normalized spacial score (nSPS) is 15.0. The zero-order chi connectivity index (χ0) is 20.6. The second kappa shape index (κ2) is 7.48. The third-order valence-electron chi connectivity index (χ3n) is 5.18. The van der Waals surface area contributed by atoms with E-state index in [2.05, 4.69) is 27.0 Å². The average Bonchev–Trinajstić information content (AvgIpc) is 3.23. The van der Waals surface area contributed by atoms with Crippen molar-refractivity contribution in [2.75, 3.05) is 18.9 Å². The molecule has 0 bridgehead atoms. The van der Waals surface area contributed by atoms with Gasteiger partial charge in [0.05, 0.1) is 11.4 Å². The molecule has 29 heavy (non-hydrogen) atoms. The molecule has 0 fully saturated rings. The molecule has 1 aliphatic rings. The molecular formula is C22H27N5O2. The lowest BCUT2D eigenvalue weighted by Gasteiger charge is -2.13. The SMILES string of the molecule is CN1CCCn2c(-c3ccccc3)nc(C(=O)Nc3cc(C(C)(C)C)no3)c2C1. The standard InChI is InChI=1S/C22H27N5O2/c1-22(2,3)17-13-18(29-25-17)23-21(28)19-16-14-26(4)11-8-12-27(16)20(24-19)15-9-6-5-7-10-15/h5-7,9-10,13H,8,11-12,14H2,1-4H3,(H,23,28). The van der Waals surface area contributed by atoms with E-state index < -0.39 is 0 Å². The summed E-state index contributed by atoms with van der Waals surface area (Å²) in [6.45, 7) is 8.63. The number of imidazole rings is 1. The van der Waals surface area contributed by atoms with Gasteiger partial charge in [-0.05, 0) is 20.0 Å². The van der Waals surface area contributed by atoms with Crippen molar-refractivity contribution in [3.63, 3.8) is 0 Å². The summed E-state index contributed by atoms with van der Waals surface area (Å²) < 4.78 is 7.51. The summed E-state index contributed by atoms with van der Waals surface area (Å²) in [5, 5.41) is 6.92. The number of fused-ring (bicyclic) bond motifs is 1. The molecule has 0 saturated carbocycles. The minimum absolute atomic E-state index is 0.152. The Morgan fingerprint density at radius 2 is 1.93 bits per heavy atom. The molecule has 1 aliphatic heterocycles. The number of nitrogens with zero attached hydrogens (tertiary/aromatic N) is 4. The lowest BCUT2D eigenvalue weighted by Crippen LogP contribution is -2.21. The average molecular weight is 393 g/mol. The van der Waals surface area contributed by atoms with Gasteiger partial charge in [-0.15, -0.1) is 0 Å². The predicted octanol–water partition coefficient (Wildman–Crippen LogP) is 3.92. The van der Waals surface area contributed by atoms with Crippen molar-refractivity contribution in [3.8, 4) is 11.4 Å². The van der Waals surface area contributed by atoms with Crippen LogP contribution in [0.25, 0.3) is 11.4 Å². The number of rotatable bonds is 3. The largest absolute Gasteiger partial charge is 0.338 e. The maximum Gasteiger partial charge on any atom is 0.278 e. The molecule has 3 heterocycles. The highest BCUT2D eigenvalue weighted by Gasteiger charge is 2.27. The van der Waals surface area contributed by atoms with E-state index in [0.29, 0.717) is 18.1 Å². The lowest BCUT2D eigenvalue weighted by atomic mass is 9.92. The smallest absolute Gasteiger partial charge is 0.278 e. The van der Waals surface area contributed by atoms with Crippen LogP contribution in [-0.2, 0) is 18.5 Å². The first-order chi connectivity index (χ1) is 13.8. The Bertz CT molecular complexity index is 1010. The summed E-state index contributed by atoms with van der Waals surface area (Å²) in [4.78, 5) is 20.1. The molecule has 0 saturated heterocycles. The van der Waals surface area contributed by atoms with Gasteiger partial charge < -0.3 is 14.0 Å². The molecule has 3 aromatic rings. The lowest BCUT2D eigenvalue weighted by molar-refractivity contribution is 0.101. The number of aromatic nitrogens is 3. The fourth-order valence-electron chi connectivity index (χ4n) is 3.57. The maximum atomic E-state index is 13.1. The fraction of sp³-hybridized carbons (Fsp3) is 0.409. The molecule has 0 spiro atoms. The van der Waals surface area contributed by atoms with Gasteiger partial charge in [0.25, 0.3) is 5.91 Å². The molecule has 7 nitrogen and oxygen atoms in total. The van der Waals surface area contributed by atoms with Gasteiger partial charge in [-0.2, -0.15) is 0 Å². The number of carbonyl (C=O) groups excluding carboxylic acids is 1. The molecule has 0 aliphatic carbocycles. The number of carbonyl (C=O) groups is 1. The van der Waals surface area contributed by atoms with Crippen LogP contribution in [0.4, 0.5) is 5.88 Å². The number of hydrogen-bond donors (Lipinski definition) is 1. The summed E-state index contributed by atoms with van der Waals surface area (Å²) in [6.07, 6.45) is 1.01. The van der Waals surface area contributed by atoms with Crippen molar-refractivity contribution in [1.82, 2.24) is 19.6 Å². The number of hydrogen-bond acceptors (Lipinski definition) is 5. The van der Waals surface area contributed by atoms with Crippen molar-refractivity contribution in [3.05, 3.63) is 53.5 Å². The molecule has 1 amide bonds. The monoisotopic (exact) mass is 393 g/mol. The summed E-state index contributed by atoms with van der Waals surface area (Å²) in [6, 6.07) is 11.8. The van der Waals surface area contributed by atoms with Crippen molar-refractivity contribution in [2.24, 2.45) is 0 Å². The number of anilines is 1. The van der Waals surface area contributed by atoms with Gasteiger partial charge in [0.2, 0.25) is 5.88 Å². The highest BCUT2D eigenvalue weighted by molar-refractivity contribution is 6.03. The Morgan fingerprint density at radius 3 is 2.62 bits per heavy atom. The van der Waals surface area contributed by atoms with E-state index in [9.17, 15) is 4.79 Å². The van der Waals surface area contributed by atoms with Gasteiger partial charge in [-0.25, -0.2) is 4.98 Å². The minimum Gasteiger partial charge on any atom is -0.338 e. The molecule has 0 unspecified atom stereocenters. The van der Waals surface area contributed by atoms with Crippen molar-refractivity contribution in [2.45, 2.75) is 45.7 Å². The molecular weight excluding hydrogens is 366 g/mol. The van der Waals surface area contributed by atoms with E-state index in [4.69, 9.17) is 9.51 Å². The Balaban J connectivity index is 1.70.